The molecule has 0 aliphatic heterocycles. The van der Waals surface area contributed by atoms with E-state index in [1.54, 1.807) is 0 Å². The first-order valence-corrected chi connectivity index (χ1v) is 22.0. The molecule has 300 valence electrons. The van der Waals surface area contributed by atoms with E-state index in [1.807, 2.05) is 12.1 Å². The fourth-order valence-corrected chi connectivity index (χ4v) is 10.7. The van der Waals surface area contributed by atoms with Crippen LogP contribution in [0.5, 0.6) is 0 Å². The van der Waals surface area contributed by atoms with Crippen LogP contribution in [0.2, 0.25) is 0 Å². The van der Waals surface area contributed by atoms with Crippen LogP contribution in [0.25, 0.3) is 71.7 Å². The standard InChI is InChI=1S/C61H40N2O/c1-2-15-42(16-3-1)61(55-24-9-4-17-49(55)50-18-5-10-25-56(50)61)43-31-35-45(36-32-43)62(44-33-29-41(30-34-44)48-22-14-23-54-53-21-8-13-28-59(53)64-60(48)54)46-37-39-47(40-38-46)63-57-26-11-6-19-51(57)52-20-7-12-27-58(52)63/h1-40H. The van der Waals surface area contributed by atoms with Gasteiger partial charge in [0.05, 0.1) is 16.4 Å². The molecule has 3 nitrogen and oxygen atoms in total. The maximum atomic E-state index is 6.47. The van der Waals surface area contributed by atoms with Gasteiger partial charge in [0, 0.05) is 49.9 Å². The quantitative estimate of drug-likeness (QED) is 0.160. The SMILES string of the molecule is c1ccc(C2(c3ccc(N(c4ccc(-c5cccc6c5oc5ccccc56)cc4)c4ccc(-n5c6ccccc6c6ccccc65)cc4)cc3)c3ccccc3-c3ccccc32)cc1. The third-order valence-corrected chi connectivity index (χ3v) is 13.5. The Morgan fingerprint density at radius 3 is 1.45 bits per heavy atom. The van der Waals surface area contributed by atoms with Crippen LogP contribution in [0.1, 0.15) is 22.3 Å². The van der Waals surface area contributed by atoms with Gasteiger partial charge in [0.2, 0.25) is 0 Å². The summed E-state index contributed by atoms with van der Waals surface area (Å²) in [6.45, 7) is 0. The van der Waals surface area contributed by atoms with E-state index in [0.29, 0.717) is 0 Å². The zero-order chi connectivity index (χ0) is 42.2. The molecule has 2 aromatic heterocycles. The summed E-state index contributed by atoms with van der Waals surface area (Å²) < 4.78 is 8.85. The van der Waals surface area contributed by atoms with Crippen LogP contribution in [-0.2, 0) is 5.41 Å². The molecule has 0 atom stereocenters. The average Bonchev–Trinajstić information content (AvgIpc) is 4.02. The van der Waals surface area contributed by atoms with Gasteiger partial charge in [-0.25, -0.2) is 0 Å². The average molecular weight is 817 g/mol. The first-order valence-electron chi connectivity index (χ1n) is 22.0. The molecule has 0 unspecified atom stereocenters. The van der Waals surface area contributed by atoms with Crippen LogP contribution in [-0.4, -0.2) is 4.57 Å². The maximum absolute atomic E-state index is 6.47. The van der Waals surface area contributed by atoms with Gasteiger partial charge in [-0.1, -0.05) is 176 Å². The number of anilines is 3. The monoisotopic (exact) mass is 816 g/mol. The van der Waals surface area contributed by atoms with Gasteiger partial charge in [0.1, 0.15) is 11.2 Å². The molecule has 2 heterocycles. The fraction of sp³-hybridized carbons (Fsp3) is 0.0164. The number of fused-ring (bicyclic) bond motifs is 9. The van der Waals surface area contributed by atoms with Crippen LogP contribution in [0.3, 0.4) is 0 Å². The number of furan rings is 1. The molecule has 0 bridgehead atoms. The van der Waals surface area contributed by atoms with E-state index < -0.39 is 5.41 Å². The maximum Gasteiger partial charge on any atom is 0.143 e. The van der Waals surface area contributed by atoms with Crippen molar-refractivity contribution in [2.75, 3.05) is 4.90 Å². The van der Waals surface area contributed by atoms with Gasteiger partial charge in [-0.15, -0.1) is 0 Å². The van der Waals surface area contributed by atoms with E-state index in [9.17, 15) is 0 Å². The molecular formula is C61H40N2O. The number of hydrogen-bond donors (Lipinski definition) is 0. The molecule has 0 amide bonds. The van der Waals surface area contributed by atoms with E-state index >= 15 is 0 Å². The summed E-state index contributed by atoms with van der Waals surface area (Å²) >= 11 is 0. The Morgan fingerprint density at radius 1 is 0.344 bits per heavy atom. The Balaban J connectivity index is 0.960. The number of nitrogens with zero attached hydrogens (tertiary/aromatic N) is 2. The highest BCUT2D eigenvalue weighted by Gasteiger charge is 2.45. The second-order valence-electron chi connectivity index (χ2n) is 16.8. The van der Waals surface area contributed by atoms with E-state index in [1.165, 1.54) is 55.2 Å². The summed E-state index contributed by atoms with van der Waals surface area (Å²) in [5, 5.41) is 4.77. The minimum atomic E-state index is -0.471. The molecule has 0 N–H and O–H groups in total. The smallest absolute Gasteiger partial charge is 0.143 e. The lowest BCUT2D eigenvalue weighted by atomic mass is 9.68. The number of para-hydroxylation sites is 4. The summed E-state index contributed by atoms with van der Waals surface area (Å²) in [7, 11) is 0. The molecule has 0 fully saturated rings. The lowest BCUT2D eigenvalue weighted by Crippen LogP contribution is -2.28. The highest BCUT2D eigenvalue weighted by Crippen LogP contribution is 2.56. The van der Waals surface area contributed by atoms with Gasteiger partial charge in [0.15, 0.2) is 0 Å². The van der Waals surface area contributed by atoms with Crippen molar-refractivity contribution in [3.63, 3.8) is 0 Å². The molecule has 0 saturated carbocycles. The number of benzene rings is 10. The van der Waals surface area contributed by atoms with Crippen LogP contribution < -0.4 is 4.90 Å². The van der Waals surface area contributed by atoms with Gasteiger partial charge in [0.25, 0.3) is 0 Å². The van der Waals surface area contributed by atoms with Gasteiger partial charge in [-0.05, 0) is 106 Å². The summed E-state index contributed by atoms with van der Waals surface area (Å²) in [6, 6.07) is 88.2. The third kappa shape index (κ3) is 5.34. The van der Waals surface area contributed by atoms with E-state index in [-0.39, 0.29) is 0 Å². The van der Waals surface area contributed by atoms with Gasteiger partial charge < -0.3 is 13.9 Å². The molecule has 13 rings (SSSR count). The molecule has 64 heavy (non-hydrogen) atoms. The Bertz CT molecular complexity index is 3610. The van der Waals surface area contributed by atoms with Crippen molar-refractivity contribution in [2.45, 2.75) is 5.41 Å². The fourth-order valence-electron chi connectivity index (χ4n) is 10.7. The van der Waals surface area contributed by atoms with E-state index in [0.717, 1.165) is 55.8 Å². The molecule has 0 saturated heterocycles. The van der Waals surface area contributed by atoms with Crippen molar-refractivity contribution in [1.29, 1.82) is 0 Å². The van der Waals surface area contributed by atoms with Crippen LogP contribution >= 0.6 is 0 Å². The van der Waals surface area contributed by atoms with Crippen LogP contribution in [0, 0.1) is 0 Å². The lowest BCUT2D eigenvalue weighted by Gasteiger charge is -2.34. The summed E-state index contributed by atoms with van der Waals surface area (Å²) in [4.78, 5) is 2.37. The molecule has 10 aromatic carbocycles. The molecule has 3 heteroatoms. The summed E-state index contributed by atoms with van der Waals surface area (Å²) in [5.41, 5.74) is 17.9. The summed E-state index contributed by atoms with van der Waals surface area (Å²) in [6.07, 6.45) is 0. The van der Waals surface area contributed by atoms with Crippen molar-refractivity contribution in [1.82, 2.24) is 4.57 Å². The van der Waals surface area contributed by atoms with Crippen molar-refractivity contribution >= 4 is 60.8 Å². The second kappa shape index (κ2) is 14.3. The third-order valence-electron chi connectivity index (χ3n) is 13.5. The van der Waals surface area contributed by atoms with Crippen molar-refractivity contribution in [3.8, 4) is 27.9 Å². The Kier molecular flexibility index (Phi) is 8.13. The lowest BCUT2D eigenvalue weighted by molar-refractivity contribution is 0.670. The van der Waals surface area contributed by atoms with Crippen LogP contribution in [0.15, 0.2) is 247 Å². The zero-order valence-electron chi connectivity index (χ0n) is 34.9. The molecule has 0 spiro atoms. The first kappa shape index (κ1) is 36.3. The van der Waals surface area contributed by atoms with E-state index in [2.05, 4.69) is 240 Å². The van der Waals surface area contributed by atoms with Gasteiger partial charge in [-0.3, -0.25) is 0 Å². The van der Waals surface area contributed by atoms with Crippen molar-refractivity contribution < 1.29 is 4.42 Å². The predicted molar refractivity (Wildman–Crippen MR) is 265 cm³/mol. The van der Waals surface area contributed by atoms with Gasteiger partial charge in [-0.2, -0.15) is 0 Å². The Labute approximate surface area is 371 Å². The number of aromatic nitrogens is 1. The second-order valence-corrected chi connectivity index (χ2v) is 16.8. The van der Waals surface area contributed by atoms with Crippen LogP contribution in [0.4, 0.5) is 17.1 Å². The normalized spacial score (nSPS) is 12.8. The summed E-state index contributed by atoms with van der Waals surface area (Å²) in [5.74, 6) is 0. The number of hydrogen-bond acceptors (Lipinski definition) is 2. The number of rotatable bonds is 7. The first-order chi connectivity index (χ1) is 31.8. The van der Waals surface area contributed by atoms with Gasteiger partial charge >= 0.3 is 0 Å². The highest BCUT2D eigenvalue weighted by molar-refractivity contribution is 6.10. The molecule has 0 radical (unpaired) electrons. The topological polar surface area (TPSA) is 21.3 Å². The predicted octanol–water partition coefficient (Wildman–Crippen LogP) is 16.2. The minimum Gasteiger partial charge on any atom is -0.455 e. The van der Waals surface area contributed by atoms with E-state index in [4.69, 9.17) is 4.42 Å². The van der Waals surface area contributed by atoms with Crippen molar-refractivity contribution in [2.24, 2.45) is 0 Å². The molecule has 1 aliphatic carbocycles. The largest absolute Gasteiger partial charge is 0.455 e. The highest BCUT2D eigenvalue weighted by atomic mass is 16.3. The Morgan fingerprint density at radius 2 is 0.812 bits per heavy atom. The Hall–Kier alpha value is -8.40. The molecule has 1 aliphatic rings. The minimum absolute atomic E-state index is 0.471. The molecule has 12 aromatic rings. The van der Waals surface area contributed by atoms with Crippen molar-refractivity contribution in [3.05, 3.63) is 265 Å². The zero-order valence-corrected chi connectivity index (χ0v) is 34.9. The molecular weight excluding hydrogens is 777 g/mol.